The summed E-state index contributed by atoms with van der Waals surface area (Å²) in [5, 5.41) is 11.5. The predicted octanol–water partition coefficient (Wildman–Crippen LogP) is 3.84. The average molecular weight is 598 g/mol. The molecule has 44 heavy (non-hydrogen) atoms. The molecule has 4 aromatic rings. The first-order valence-electron chi connectivity index (χ1n) is 14.4. The fourth-order valence-electron chi connectivity index (χ4n) is 7.13. The number of carbonyl (C=O) groups excluding carboxylic acids is 2. The number of fused-ring (bicyclic) bond motifs is 1. The molecule has 1 amide bonds. The van der Waals surface area contributed by atoms with Gasteiger partial charge in [-0.3, -0.25) is 20.0 Å². The summed E-state index contributed by atoms with van der Waals surface area (Å²) in [5.41, 5.74) is 16.1. The van der Waals surface area contributed by atoms with E-state index in [2.05, 4.69) is 15.1 Å². The lowest BCUT2D eigenvalue weighted by Gasteiger charge is -2.79. The van der Waals surface area contributed by atoms with Gasteiger partial charge in [0.05, 0.1) is 30.3 Å². The van der Waals surface area contributed by atoms with E-state index in [1.54, 1.807) is 35.5 Å². The standard InChI is InChI=1S/C29H26FN9O3.C2H6/c1-42-21-5-3-14(8-19(21)30)20-4-2-15(10-34-20)16-11-36-39-26(33)17(12-40)24(37-27(16)39)18-9-23-29(18)7-6-22(29)38(23)28(41)25(32)35-13-31;1-2/h2-5,8,10-13,18,22-23H,6-7,9,33H2,1H3,(H3,31,32,35);1-2H3. The number of piperidine rings is 2. The number of hydrogen-bond acceptors (Lipinski definition) is 8. The van der Waals surface area contributed by atoms with Crippen LogP contribution < -0.4 is 16.2 Å². The number of likely N-dealkylation sites (tertiary alicyclic amines) is 1. The zero-order chi connectivity index (χ0) is 31.3. The minimum Gasteiger partial charge on any atom is -0.494 e. The number of amides is 1. The predicted molar refractivity (Wildman–Crippen MR) is 163 cm³/mol. The highest BCUT2D eigenvalue weighted by molar-refractivity contribution is 6.38. The van der Waals surface area contributed by atoms with Gasteiger partial charge in [-0.15, -0.1) is 0 Å². The summed E-state index contributed by atoms with van der Waals surface area (Å²) in [6, 6.07) is 8.23. The van der Waals surface area contributed by atoms with Crippen LogP contribution in [0.5, 0.6) is 5.75 Å². The molecule has 1 spiro atoms. The fraction of sp³-hybridized carbons (Fsp3) is 0.323. The van der Waals surface area contributed by atoms with Gasteiger partial charge in [0.15, 0.2) is 29.3 Å². The Morgan fingerprint density at radius 2 is 1.98 bits per heavy atom. The molecule has 5 N–H and O–H groups in total. The van der Waals surface area contributed by atoms with Gasteiger partial charge < -0.3 is 21.1 Å². The topological polar surface area (TPSA) is 178 Å². The second-order valence-electron chi connectivity index (χ2n) is 10.8. The average Bonchev–Trinajstić information content (AvgIpc) is 3.45. The third kappa shape index (κ3) is 3.91. The van der Waals surface area contributed by atoms with Crippen molar-refractivity contribution in [1.29, 1.82) is 5.41 Å². The van der Waals surface area contributed by atoms with Crippen molar-refractivity contribution in [2.45, 2.75) is 51.1 Å². The SMILES string of the molecule is CC.COc1ccc(-c2ccc(-c3cnn4c(N)c(C=O)c(C5CC6N(C(=O)C(N)=NC=N)C7CCC576)nc34)cn2)cc1F. The van der Waals surface area contributed by atoms with Crippen LogP contribution in [0, 0.1) is 16.6 Å². The second-order valence-corrected chi connectivity index (χ2v) is 10.8. The lowest BCUT2D eigenvalue weighted by Crippen LogP contribution is -2.86. The Balaban J connectivity index is 0.00000168. The summed E-state index contributed by atoms with van der Waals surface area (Å²) < 4.78 is 20.7. The van der Waals surface area contributed by atoms with Crippen LogP contribution in [0.3, 0.4) is 0 Å². The molecule has 3 fully saturated rings. The molecule has 2 aliphatic carbocycles. The number of nitrogens with zero attached hydrogens (tertiary/aromatic N) is 6. The second kappa shape index (κ2) is 10.8. The van der Waals surface area contributed by atoms with Gasteiger partial charge in [-0.25, -0.2) is 14.4 Å². The number of nitrogens with one attached hydrogen (secondary N) is 1. The van der Waals surface area contributed by atoms with Crippen molar-refractivity contribution < 1.29 is 18.7 Å². The minimum atomic E-state index is -0.477. The van der Waals surface area contributed by atoms with Crippen molar-refractivity contribution in [2.75, 3.05) is 12.8 Å². The maximum atomic E-state index is 14.2. The quantitative estimate of drug-likeness (QED) is 0.170. The largest absolute Gasteiger partial charge is 0.494 e. The van der Waals surface area contributed by atoms with Gasteiger partial charge in [0.1, 0.15) is 12.2 Å². The fourth-order valence-corrected chi connectivity index (χ4v) is 7.13. The van der Waals surface area contributed by atoms with Crippen molar-refractivity contribution in [3.63, 3.8) is 0 Å². The number of amidine groups is 1. The molecule has 1 aliphatic heterocycles. The number of carbonyl (C=O) groups is 2. The Morgan fingerprint density at radius 3 is 2.57 bits per heavy atom. The van der Waals surface area contributed by atoms with Gasteiger partial charge in [-0.05, 0) is 43.5 Å². The van der Waals surface area contributed by atoms with Crippen LogP contribution in [0.15, 0.2) is 47.7 Å². The molecule has 3 aromatic heterocycles. The molecule has 0 bridgehead atoms. The van der Waals surface area contributed by atoms with Gasteiger partial charge in [-0.2, -0.15) is 9.61 Å². The number of pyridine rings is 1. The van der Waals surface area contributed by atoms with E-state index < -0.39 is 5.82 Å². The summed E-state index contributed by atoms with van der Waals surface area (Å²) in [4.78, 5) is 40.0. The molecule has 3 aliphatic rings. The number of halogens is 1. The molecule has 1 saturated heterocycles. The lowest BCUT2D eigenvalue weighted by atomic mass is 9.37. The van der Waals surface area contributed by atoms with Crippen molar-refractivity contribution >= 4 is 35.8 Å². The van der Waals surface area contributed by atoms with Gasteiger partial charge in [0, 0.05) is 46.3 Å². The molecule has 12 nitrogen and oxygen atoms in total. The van der Waals surface area contributed by atoms with Crippen LogP contribution in [0.2, 0.25) is 0 Å². The third-order valence-electron chi connectivity index (χ3n) is 9.25. The summed E-state index contributed by atoms with van der Waals surface area (Å²) in [5.74, 6) is -0.760. The normalized spacial score (nSPS) is 23.1. The van der Waals surface area contributed by atoms with Crippen molar-refractivity contribution in [1.82, 2.24) is 24.5 Å². The number of aldehydes is 1. The van der Waals surface area contributed by atoms with E-state index in [1.165, 1.54) is 17.7 Å². The number of anilines is 1. The Kier molecular flexibility index (Phi) is 7.10. The highest BCUT2D eigenvalue weighted by Crippen LogP contribution is 2.74. The first-order chi connectivity index (χ1) is 21.3. The van der Waals surface area contributed by atoms with E-state index in [1.807, 2.05) is 19.9 Å². The maximum Gasteiger partial charge on any atom is 0.289 e. The van der Waals surface area contributed by atoms with Gasteiger partial charge in [0.25, 0.3) is 5.91 Å². The van der Waals surface area contributed by atoms with Crippen LogP contribution in [0.4, 0.5) is 10.2 Å². The van der Waals surface area contributed by atoms with E-state index >= 15 is 0 Å². The van der Waals surface area contributed by atoms with E-state index in [4.69, 9.17) is 26.6 Å². The molecular formula is C31H32FN9O3. The van der Waals surface area contributed by atoms with Gasteiger partial charge in [0.2, 0.25) is 0 Å². The number of nitrogens with two attached hydrogens (primary N) is 2. The molecule has 7 rings (SSSR count). The molecule has 4 heterocycles. The Morgan fingerprint density at radius 1 is 1.20 bits per heavy atom. The van der Waals surface area contributed by atoms with E-state index in [0.29, 0.717) is 40.1 Å². The Bertz CT molecular complexity index is 1830. The Hall–Kier alpha value is -5.20. The molecular weight excluding hydrogens is 565 g/mol. The van der Waals surface area contributed by atoms with Crippen LogP contribution >= 0.6 is 0 Å². The number of aliphatic imine (C=N–C) groups is 1. The number of methoxy groups -OCH3 is 1. The van der Waals surface area contributed by atoms with E-state index in [9.17, 15) is 14.0 Å². The zero-order valence-electron chi connectivity index (χ0n) is 24.5. The molecule has 0 radical (unpaired) electrons. The number of nitrogen functional groups attached to an aromatic ring is 1. The zero-order valence-corrected chi connectivity index (χ0v) is 24.5. The smallest absolute Gasteiger partial charge is 0.289 e. The summed E-state index contributed by atoms with van der Waals surface area (Å²) in [7, 11) is 1.41. The van der Waals surface area contributed by atoms with Crippen LogP contribution in [-0.4, -0.2) is 68.0 Å². The van der Waals surface area contributed by atoms with Gasteiger partial charge in [-0.1, -0.05) is 19.9 Å². The van der Waals surface area contributed by atoms with E-state index in [-0.39, 0.29) is 46.7 Å². The van der Waals surface area contributed by atoms with Crippen molar-refractivity contribution in [3.05, 3.63) is 59.8 Å². The highest BCUT2D eigenvalue weighted by Gasteiger charge is 2.77. The summed E-state index contributed by atoms with van der Waals surface area (Å²) >= 11 is 0. The molecule has 4 atom stereocenters. The Labute approximate surface area is 252 Å². The number of hydrogen-bond donors (Lipinski definition) is 3. The monoisotopic (exact) mass is 597 g/mol. The summed E-state index contributed by atoms with van der Waals surface area (Å²) in [6.07, 6.45) is 7.09. The highest BCUT2D eigenvalue weighted by atomic mass is 19.1. The third-order valence-corrected chi connectivity index (χ3v) is 9.25. The minimum absolute atomic E-state index is 0.0316. The first kappa shape index (κ1) is 28.9. The van der Waals surface area contributed by atoms with Crippen molar-refractivity contribution in [2.24, 2.45) is 16.1 Å². The molecule has 13 heteroatoms. The molecule has 226 valence electrons. The van der Waals surface area contributed by atoms with Gasteiger partial charge >= 0.3 is 0 Å². The number of rotatable bonds is 6. The first-order valence-corrected chi connectivity index (χ1v) is 14.4. The molecule has 2 saturated carbocycles. The number of ether oxygens (including phenoxy) is 1. The molecule has 1 aromatic carbocycles. The summed E-state index contributed by atoms with van der Waals surface area (Å²) in [6.45, 7) is 4.00. The maximum absolute atomic E-state index is 14.2. The number of benzene rings is 1. The van der Waals surface area contributed by atoms with Crippen LogP contribution in [0.1, 0.15) is 55.1 Å². The van der Waals surface area contributed by atoms with Crippen LogP contribution in [0.25, 0.3) is 28.0 Å². The van der Waals surface area contributed by atoms with E-state index in [0.717, 1.165) is 31.0 Å². The molecule has 4 unspecified atom stereocenters. The van der Waals surface area contributed by atoms with Crippen LogP contribution in [-0.2, 0) is 4.79 Å². The van der Waals surface area contributed by atoms with Crippen molar-refractivity contribution in [3.8, 4) is 28.1 Å². The number of aromatic nitrogens is 4. The lowest BCUT2D eigenvalue weighted by molar-refractivity contribution is -0.266.